The Morgan fingerprint density at radius 2 is 2.04 bits per heavy atom. The van der Waals surface area contributed by atoms with E-state index >= 15 is 0 Å². The number of pyridine rings is 1. The van der Waals surface area contributed by atoms with Gasteiger partial charge < -0.3 is 4.57 Å². The maximum absolute atomic E-state index is 5.06. The van der Waals surface area contributed by atoms with Crippen molar-refractivity contribution in [2.45, 2.75) is 39.9 Å². The zero-order valence-electron chi connectivity index (χ0n) is 16.6. The average Bonchev–Trinajstić information content (AvgIpc) is 3.35. The highest BCUT2D eigenvalue weighted by atomic mass is 32.1. The molecule has 3 aromatic heterocycles. The van der Waals surface area contributed by atoms with Gasteiger partial charge in [-0.15, -0.1) is 21.5 Å². The molecular formula is C22H25N5S. The average molecular weight is 392 g/mol. The van der Waals surface area contributed by atoms with Crippen LogP contribution >= 0.6 is 11.3 Å². The standard InChI is InChI=1S/C22H25N5S/c1-4-10-27-15-23-25-20(27)14-26(3)13-18-12-17-8-5-7-16(2)21(17)24-22(18)19-9-6-11-28-19/h5-9,11-12,15H,4,10,13-14H2,1-3H3. The maximum Gasteiger partial charge on any atom is 0.147 e. The monoisotopic (exact) mass is 391 g/mol. The molecule has 0 atom stereocenters. The molecule has 0 amide bonds. The van der Waals surface area contributed by atoms with E-state index < -0.39 is 0 Å². The topological polar surface area (TPSA) is 46.8 Å². The number of nitrogens with zero attached hydrogens (tertiary/aromatic N) is 5. The van der Waals surface area contributed by atoms with Crippen LogP contribution in [0.15, 0.2) is 48.1 Å². The van der Waals surface area contributed by atoms with Gasteiger partial charge in [-0.2, -0.15) is 0 Å². The summed E-state index contributed by atoms with van der Waals surface area (Å²) in [6.45, 7) is 6.82. The van der Waals surface area contributed by atoms with Crippen LogP contribution in [0.4, 0.5) is 0 Å². The molecule has 144 valence electrons. The van der Waals surface area contributed by atoms with Gasteiger partial charge in [-0.05, 0) is 49.0 Å². The summed E-state index contributed by atoms with van der Waals surface area (Å²) in [5.41, 5.74) is 4.62. The lowest BCUT2D eigenvalue weighted by molar-refractivity contribution is 0.304. The third-order valence-corrected chi connectivity index (χ3v) is 5.77. The lowest BCUT2D eigenvalue weighted by Crippen LogP contribution is -2.20. The van der Waals surface area contributed by atoms with Gasteiger partial charge in [0, 0.05) is 18.5 Å². The van der Waals surface area contributed by atoms with Gasteiger partial charge in [0.05, 0.1) is 22.6 Å². The third kappa shape index (κ3) is 3.84. The number of hydrogen-bond donors (Lipinski definition) is 0. The molecule has 0 radical (unpaired) electrons. The summed E-state index contributed by atoms with van der Waals surface area (Å²) in [4.78, 5) is 8.56. The van der Waals surface area contributed by atoms with Crippen LogP contribution in [-0.2, 0) is 19.6 Å². The first-order chi connectivity index (χ1) is 13.7. The van der Waals surface area contributed by atoms with Crippen molar-refractivity contribution in [3.05, 3.63) is 65.1 Å². The molecule has 0 aliphatic heterocycles. The molecule has 0 aliphatic rings. The minimum Gasteiger partial charge on any atom is -0.317 e. The van der Waals surface area contributed by atoms with Crippen molar-refractivity contribution < 1.29 is 0 Å². The van der Waals surface area contributed by atoms with Gasteiger partial charge in [0.25, 0.3) is 0 Å². The number of hydrogen-bond acceptors (Lipinski definition) is 5. The number of benzene rings is 1. The zero-order valence-corrected chi connectivity index (χ0v) is 17.4. The number of aromatic nitrogens is 4. The minimum atomic E-state index is 0.760. The van der Waals surface area contributed by atoms with E-state index in [4.69, 9.17) is 4.98 Å². The highest BCUT2D eigenvalue weighted by molar-refractivity contribution is 7.13. The SMILES string of the molecule is CCCn1cnnc1CN(C)Cc1cc2cccc(C)c2nc1-c1cccs1. The highest BCUT2D eigenvalue weighted by Gasteiger charge is 2.15. The van der Waals surface area contributed by atoms with E-state index in [0.29, 0.717) is 0 Å². The lowest BCUT2D eigenvalue weighted by atomic mass is 10.0. The fraction of sp³-hybridized carbons (Fsp3) is 0.318. The number of para-hydroxylation sites is 1. The van der Waals surface area contributed by atoms with Crippen LogP contribution < -0.4 is 0 Å². The van der Waals surface area contributed by atoms with Crippen molar-refractivity contribution in [2.75, 3.05) is 7.05 Å². The second-order valence-electron chi connectivity index (χ2n) is 7.23. The summed E-state index contributed by atoms with van der Waals surface area (Å²) in [5.74, 6) is 1.01. The smallest absolute Gasteiger partial charge is 0.147 e. The van der Waals surface area contributed by atoms with Crippen molar-refractivity contribution >= 4 is 22.2 Å². The Labute approximate surface area is 169 Å². The first-order valence-corrected chi connectivity index (χ1v) is 10.5. The lowest BCUT2D eigenvalue weighted by Gasteiger charge is -2.19. The van der Waals surface area contributed by atoms with Crippen molar-refractivity contribution in [2.24, 2.45) is 0 Å². The third-order valence-electron chi connectivity index (χ3n) is 4.89. The molecule has 1 aromatic carbocycles. The fourth-order valence-electron chi connectivity index (χ4n) is 3.55. The highest BCUT2D eigenvalue weighted by Crippen LogP contribution is 2.31. The van der Waals surface area contributed by atoms with Crippen LogP contribution in [0.5, 0.6) is 0 Å². The molecule has 3 heterocycles. The molecule has 6 heteroatoms. The van der Waals surface area contributed by atoms with E-state index in [2.05, 4.69) is 82.3 Å². The summed E-state index contributed by atoms with van der Waals surface area (Å²) in [6, 6.07) is 12.9. The summed E-state index contributed by atoms with van der Waals surface area (Å²) in [5, 5.41) is 11.7. The van der Waals surface area contributed by atoms with Crippen molar-refractivity contribution in [3.8, 4) is 10.6 Å². The van der Waals surface area contributed by atoms with Crippen molar-refractivity contribution in [1.82, 2.24) is 24.6 Å². The molecule has 0 unspecified atom stereocenters. The van der Waals surface area contributed by atoms with Gasteiger partial charge in [0.2, 0.25) is 0 Å². The summed E-state index contributed by atoms with van der Waals surface area (Å²) in [7, 11) is 2.13. The van der Waals surface area contributed by atoms with E-state index in [9.17, 15) is 0 Å². The van der Waals surface area contributed by atoms with Gasteiger partial charge in [-0.25, -0.2) is 4.98 Å². The summed E-state index contributed by atoms with van der Waals surface area (Å²) in [6.07, 6.45) is 2.90. The van der Waals surface area contributed by atoms with E-state index in [1.54, 1.807) is 11.3 Å². The number of thiophene rings is 1. The zero-order chi connectivity index (χ0) is 19.5. The fourth-order valence-corrected chi connectivity index (χ4v) is 4.30. The Kier molecular flexibility index (Phi) is 5.50. The largest absolute Gasteiger partial charge is 0.317 e. The molecular weight excluding hydrogens is 366 g/mol. The van der Waals surface area contributed by atoms with Crippen molar-refractivity contribution in [3.63, 3.8) is 0 Å². The molecule has 5 nitrogen and oxygen atoms in total. The van der Waals surface area contributed by atoms with Crippen LogP contribution in [0, 0.1) is 6.92 Å². The van der Waals surface area contributed by atoms with Crippen LogP contribution in [0.1, 0.15) is 30.3 Å². The van der Waals surface area contributed by atoms with E-state index in [1.165, 1.54) is 21.4 Å². The second kappa shape index (κ2) is 8.20. The van der Waals surface area contributed by atoms with Crippen LogP contribution in [0.3, 0.4) is 0 Å². The van der Waals surface area contributed by atoms with Gasteiger partial charge in [-0.1, -0.05) is 31.2 Å². The quantitative estimate of drug-likeness (QED) is 0.449. The number of aryl methyl sites for hydroxylation is 2. The number of rotatable bonds is 7. The van der Waals surface area contributed by atoms with Gasteiger partial charge >= 0.3 is 0 Å². The molecule has 0 N–H and O–H groups in total. The van der Waals surface area contributed by atoms with E-state index in [-0.39, 0.29) is 0 Å². The predicted molar refractivity (Wildman–Crippen MR) is 115 cm³/mol. The molecule has 4 rings (SSSR count). The minimum absolute atomic E-state index is 0.760. The molecule has 0 saturated heterocycles. The van der Waals surface area contributed by atoms with Crippen LogP contribution in [-0.4, -0.2) is 31.7 Å². The Morgan fingerprint density at radius 3 is 2.82 bits per heavy atom. The van der Waals surface area contributed by atoms with Gasteiger partial charge in [0.15, 0.2) is 0 Å². The Balaban J connectivity index is 1.67. The second-order valence-corrected chi connectivity index (χ2v) is 8.18. The Bertz CT molecular complexity index is 1070. The summed E-state index contributed by atoms with van der Waals surface area (Å²) >= 11 is 1.74. The molecule has 0 spiro atoms. The molecule has 0 saturated carbocycles. The Morgan fingerprint density at radius 1 is 1.14 bits per heavy atom. The number of fused-ring (bicyclic) bond motifs is 1. The van der Waals surface area contributed by atoms with Gasteiger partial charge in [0.1, 0.15) is 12.2 Å². The van der Waals surface area contributed by atoms with Crippen molar-refractivity contribution in [1.29, 1.82) is 0 Å². The van der Waals surface area contributed by atoms with E-state index in [1.807, 2.05) is 6.33 Å². The molecule has 4 aromatic rings. The normalized spacial score (nSPS) is 11.6. The maximum atomic E-state index is 5.06. The molecule has 0 bridgehead atoms. The molecule has 0 fully saturated rings. The first kappa shape index (κ1) is 18.8. The predicted octanol–water partition coefficient (Wildman–Crippen LogP) is 4.91. The van der Waals surface area contributed by atoms with Gasteiger partial charge in [-0.3, -0.25) is 4.90 Å². The summed E-state index contributed by atoms with van der Waals surface area (Å²) < 4.78 is 2.14. The molecule has 28 heavy (non-hydrogen) atoms. The molecule has 0 aliphatic carbocycles. The van der Waals surface area contributed by atoms with Crippen LogP contribution in [0.25, 0.3) is 21.5 Å². The van der Waals surface area contributed by atoms with E-state index in [0.717, 1.165) is 43.1 Å². The first-order valence-electron chi connectivity index (χ1n) is 9.64. The Hall–Kier alpha value is -2.57. The van der Waals surface area contributed by atoms with Crippen LogP contribution in [0.2, 0.25) is 0 Å².